The lowest BCUT2D eigenvalue weighted by molar-refractivity contribution is -0.180. The molecule has 2 heterocycles. The van der Waals surface area contributed by atoms with Gasteiger partial charge in [0.15, 0.2) is 13.2 Å². The molecule has 33 heavy (non-hydrogen) atoms. The van der Waals surface area contributed by atoms with Crippen LogP contribution in [0, 0.1) is 34.5 Å². The average Bonchev–Trinajstić information content (AvgIpc) is 2.86. The monoisotopic (exact) mass is 466 g/mol. The lowest BCUT2D eigenvalue weighted by atomic mass is 9.67. The Morgan fingerprint density at radius 1 is 0.970 bits per heavy atom. The summed E-state index contributed by atoms with van der Waals surface area (Å²) in [7, 11) is 0. The van der Waals surface area contributed by atoms with E-state index in [-0.39, 0.29) is 29.1 Å². The van der Waals surface area contributed by atoms with Crippen LogP contribution in [0.15, 0.2) is 0 Å². The number of hydrogen-bond acceptors (Lipinski definition) is 8. The highest BCUT2D eigenvalue weighted by molar-refractivity contribution is 5.81. The van der Waals surface area contributed by atoms with E-state index >= 15 is 0 Å². The first-order valence-electron chi connectivity index (χ1n) is 12.0. The van der Waals surface area contributed by atoms with Gasteiger partial charge in [-0.3, -0.25) is 9.59 Å². The van der Waals surface area contributed by atoms with Crippen molar-refractivity contribution >= 4 is 23.9 Å². The molecule has 8 nitrogen and oxygen atoms in total. The average molecular weight is 467 g/mol. The summed E-state index contributed by atoms with van der Waals surface area (Å²) in [6.45, 7) is 10.8. The zero-order valence-corrected chi connectivity index (χ0v) is 20.7. The Kier molecular flexibility index (Phi) is 7.44. The summed E-state index contributed by atoms with van der Waals surface area (Å²) in [4.78, 5) is 49.3. The zero-order valence-electron chi connectivity index (χ0n) is 20.7. The molecule has 4 aliphatic rings. The zero-order chi connectivity index (χ0) is 24.6. The predicted molar refractivity (Wildman–Crippen MR) is 118 cm³/mol. The van der Waals surface area contributed by atoms with Crippen LogP contribution in [0.2, 0.25) is 0 Å². The van der Waals surface area contributed by atoms with Gasteiger partial charge < -0.3 is 18.9 Å². The third-order valence-electron chi connectivity index (χ3n) is 7.42. The third-order valence-corrected chi connectivity index (χ3v) is 7.42. The Morgan fingerprint density at radius 3 is 2.27 bits per heavy atom. The van der Waals surface area contributed by atoms with Gasteiger partial charge in [-0.1, -0.05) is 34.6 Å². The molecular formula is C25H38O8. The van der Waals surface area contributed by atoms with Crippen molar-refractivity contribution in [3.05, 3.63) is 0 Å². The molecule has 4 fully saturated rings. The van der Waals surface area contributed by atoms with Crippen LogP contribution in [-0.2, 0) is 38.1 Å². The van der Waals surface area contributed by atoms with Crippen LogP contribution in [-0.4, -0.2) is 49.3 Å². The molecule has 8 heteroatoms. The third kappa shape index (κ3) is 6.07. The number of carbonyl (C=O) groups is 4. The number of hydrogen-bond donors (Lipinski definition) is 0. The van der Waals surface area contributed by atoms with E-state index in [0.717, 1.165) is 12.8 Å². The SMILES string of the molecule is CC(C)C(C)(CC(C)(C)C)C(=O)OCC(=O)OCC(=O)OC1C2CC3CC(C2)C(=O)OC1C3. The fraction of sp³-hybridized carbons (Fsp3) is 0.840. The first-order valence-corrected chi connectivity index (χ1v) is 12.0. The van der Waals surface area contributed by atoms with E-state index in [1.54, 1.807) is 0 Å². The van der Waals surface area contributed by atoms with Gasteiger partial charge >= 0.3 is 23.9 Å². The van der Waals surface area contributed by atoms with Crippen molar-refractivity contribution < 1.29 is 38.1 Å². The molecule has 0 aromatic rings. The Hall–Kier alpha value is -2.12. The minimum absolute atomic E-state index is 0.0226. The van der Waals surface area contributed by atoms with Crippen LogP contribution in [0.4, 0.5) is 0 Å². The van der Waals surface area contributed by atoms with Crippen molar-refractivity contribution in [3.63, 3.8) is 0 Å². The Balaban J connectivity index is 1.46. The molecular weight excluding hydrogens is 428 g/mol. The molecule has 186 valence electrons. The Labute approximate surface area is 196 Å². The Morgan fingerprint density at radius 2 is 1.64 bits per heavy atom. The summed E-state index contributed by atoms with van der Waals surface area (Å²) in [5, 5.41) is 0. The molecule has 2 aliphatic carbocycles. The van der Waals surface area contributed by atoms with Crippen molar-refractivity contribution in [2.24, 2.45) is 34.5 Å². The second-order valence-corrected chi connectivity index (χ2v) is 11.7. The summed E-state index contributed by atoms with van der Waals surface area (Å²) in [5.41, 5.74) is -0.833. The van der Waals surface area contributed by atoms with Gasteiger partial charge in [-0.25, -0.2) is 9.59 Å². The van der Waals surface area contributed by atoms with Gasteiger partial charge in [-0.05, 0) is 56.3 Å². The molecule has 4 rings (SSSR count). The van der Waals surface area contributed by atoms with Crippen LogP contribution in [0.5, 0.6) is 0 Å². The largest absolute Gasteiger partial charge is 0.458 e. The summed E-state index contributed by atoms with van der Waals surface area (Å²) in [6, 6.07) is 0. The lowest BCUT2D eigenvalue weighted by Gasteiger charge is -2.41. The highest BCUT2D eigenvalue weighted by Gasteiger charge is 2.51. The van der Waals surface area contributed by atoms with Crippen LogP contribution < -0.4 is 0 Å². The summed E-state index contributed by atoms with van der Waals surface area (Å²) in [6.07, 6.45) is 2.83. The van der Waals surface area contributed by atoms with Crippen molar-refractivity contribution in [1.29, 1.82) is 0 Å². The van der Waals surface area contributed by atoms with Crippen molar-refractivity contribution in [2.75, 3.05) is 13.2 Å². The second kappa shape index (κ2) is 9.63. The summed E-state index contributed by atoms with van der Waals surface area (Å²) < 4.78 is 21.3. The minimum atomic E-state index is -0.809. The number of fused-ring (bicyclic) bond motifs is 1. The molecule has 0 N–H and O–H groups in total. The fourth-order valence-corrected chi connectivity index (χ4v) is 5.71. The lowest BCUT2D eigenvalue weighted by Crippen LogP contribution is -2.45. The van der Waals surface area contributed by atoms with Gasteiger partial charge in [0.2, 0.25) is 0 Å². The van der Waals surface area contributed by atoms with E-state index in [1.165, 1.54) is 0 Å². The highest BCUT2D eigenvalue weighted by Crippen LogP contribution is 2.48. The van der Waals surface area contributed by atoms with Crippen molar-refractivity contribution in [3.8, 4) is 0 Å². The van der Waals surface area contributed by atoms with Gasteiger partial charge in [-0.2, -0.15) is 0 Å². The molecule has 2 saturated heterocycles. The first kappa shape index (κ1) is 25.5. The summed E-state index contributed by atoms with van der Waals surface area (Å²) in [5.74, 6) is -1.71. The maximum absolute atomic E-state index is 12.7. The van der Waals surface area contributed by atoms with Crippen LogP contribution in [0.25, 0.3) is 0 Å². The van der Waals surface area contributed by atoms with E-state index in [1.807, 2.05) is 41.5 Å². The molecule has 0 amide bonds. The van der Waals surface area contributed by atoms with Gasteiger partial charge in [0, 0.05) is 5.92 Å². The highest BCUT2D eigenvalue weighted by atomic mass is 16.6. The van der Waals surface area contributed by atoms with E-state index in [9.17, 15) is 19.2 Å². The molecule has 2 aliphatic heterocycles. The van der Waals surface area contributed by atoms with Crippen molar-refractivity contribution in [2.45, 2.75) is 85.9 Å². The molecule has 2 saturated carbocycles. The number of ether oxygens (including phenoxy) is 4. The smallest absolute Gasteiger partial charge is 0.344 e. The minimum Gasteiger partial charge on any atom is -0.458 e. The van der Waals surface area contributed by atoms with E-state index in [2.05, 4.69) is 0 Å². The van der Waals surface area contributed by atoms with Crippen LogP contribution >= 0.6 is 0 Å². The topological polar surface area (TPSA) is 105 Å². The number of esters is 4. The molecule has 4 bridgehead atoms. The molecule has 0 spiro atoms. The first-order chi connectivity index (χ1) is 15.3. The maximum atomic E-state index is 12.7. The maximum Gasteiger partial charge on any atom is 0.344 e. The summed E-state index contributed by atoms with van der Waals surface area (Å²) >= 11 is 0. The van der Waals surface area contributed by atoms with E-state index in [0.29, 0.717) is 25.2 Å². The predicted octanol–water partition coefficient (Wildman–Crippen LogP) is 3.44. The van der Waals surface area contributed by atoms with E-state index < -0.39 is 48.7 Å². The molecule has 0 aromatic heterocycles. The molecule has 0 aromatic carbocycles. The van der Waals surface area contributed by atoms with Gasteiger partial charge in [0.05, 0.1) is 11.3 Å². The van der Waals surface area contributed by atoms with Gasteiger partial charge in [-0.15, -0.1) is 0 Å². The molecule has 6 unspecified atom stereocenters. The van der Waals surface area contributed by atoms with Crippen LogP contribution in [0.3, 0.4) is 0 Å². The standard InChI is InChI=1S/C25H38O8/c1-14(2)25(6,13-24(3,4)5)23(29)31-11-19(26)30-12-20(27)33-21-16-7-15-8-17(10-16)22(28)32-18(21)9-15/h14-18,21H,7-13H2,1-6H3. The van der Waals surface area contributed by atoms with Gasteiger partial charge in [0.1, 0.15) is 12.2 Å². The normalized spacial score (nSPS) is 30.3. The van der Waals surface area contributed by atoms with Crippen LogP contribution in [0.1, 0.15) is 73.6 Å². The number of carbonyl (C=O) groups excluding carboxylic acids is 4. The Bertz CT molecular complexity index is 782. The van der Waals surface area contributed by atoms with E-state index in [4.69, 9.17) is 18.9 Å². The van der Waals surface area contributed by atoms with Crippen molar-refractivity contribution in [1.82, 2.24) is 0 Å². The number of rotatable bonds is 8. The molecule has 0 radical (unpaired) electrons. The quantitative estimate of drug-likeness (QED) is 0.396. The molecule has 6 atom stereocenters. The van der Waals surface area contributed by atoms with Gasteiger partial charge in [0.25, 0.3) is 0 Å². The second-order valence-electron chi connectivity index (χ2n) is 11.7. The fourth-order valence-electron chi connectivity index (χ4n) is 5.71.